The van der Waals surface area contributed by atoms with Gasteiger partial charge in [0.25, 0.3) is 5.91 Å². The van der Waals surface area contributed by atoms with Crippen LogP contribution >= 0.6 is 0 Å². The predicted molar refractivity (Wildman–Crippen MR) is 66.4 cm³/mol. The molecule has 1 rings (SSSR count). The Morgan fingerprint density at radius 1 is 1.53 bits per heavy atom. The fraction of sp³-hybridized carbons (Fsp3) is 0.308. The molecule has 0 aliphatic heterocycles. The zero-order valence-electron chi connectivity index (χ0n) is 9.77. The summed E-state index contributed by atoms with van der Waals surface area (Å²) >= 11 is 0. The van der Waals surface area contributed by atoms with Crippen LogP contribution in [-0.4, -0.2) is 19.1 Å². The van der Waals surface area contributed by atoms with Crippen LogP contribution in [0.5, 0.6) is 5.75 Å². The molecule has 0 saturated heterocycles. The molecule has 90 valence electrons. The van der Waals surface area contributed by atoms with Crippen molar-refractivity contribution in [2.24, 2.45) is 5.73 Å². The van der Waals surface area contributed by atoms with Crippen molar-refractivity contribution >= 4 is 5.91 Å². The van der Waals surface area contributed by atoms with Gasteiger partial charge >= 0.3 is 0 Å². The number of amides is 1. The van der Waals surface area contributed by atoms with Gasteiger partial charge in [-0.15, -0.1) is 6.42 Å². The second kappa shape index (κ2) is 6.56. The average Bonchev–Trinajstić information content (AvgIpc) is 2.34. The zero-order chi connectivity index (χ0) is 12.7. The Hall–Kier alpha value is -1.99. The van der Waals surface area contributed by atoms with Gasteiger partial charge in [0.2, 0.25) is 0 Å². The average molecular weight is 232 g/mol. The summed E-state index contributed by atoms with van der Waals surface area (Å²) in [6.07, 6.45) is 5.01. The first kappa shape index (κ1) is 13.1. The second-order valence-corrected chi connectivity index (χ2v) is 3.63. The number of rotatable bonds is 5. The molecule has 1 aromatic carbocycles. The van der Waals surface area contributed by atoms with Gasteiger partial charge in [-0.1, -0.05) is 18.1 Å². The molecule has 1 aromatic rings. The molecule has 17 heavy (non-hydrogen) atoms. The van der Waals surface area contributed by atoms with E-state index in [1.807, 2.05) is 19.1 Å². The number of nitrogens with one attached hydrogen (secondary N) is 1. The van der Waals surface area contributed by atoms with E-state index >= 15 is 0 Å². The Morgan fingerprint density at radius 2 is 2.18 bits per heavy atom. The highest BCUT2D eigenvalue weighted by atomic mass is 16.5. The maximum absolute atomic E-state index is 11.2. The van der Waals surface area contributed by atoms with E-state index in [9.17, 15) is 4.79 Å². The van der Waals surface area contributed by atoms with Crippen molar-refractivity contribution in [3.63, 3.8) is 0 Å². The monoisotopic (exact) mass is 232 g/mol. The maximum atomic E-state index is 11.2. The summed E-state index contributed by atoms with van der Waals surface area (Å²) in [5.41, 5.74) is 6.74. The van der Waals surface area contributed by atoms with E-state index in [2.05, 4.69) is 11.2 Å². The molecule has 0 fully saturated rings. The first-order chi connectivity index (χ1) is 8.13. The van der Waals surface area contributed by atoms with Crippen LogP contribution in [0.2, 0.25) is 0 Å². The molecule has 0 unspecified atom stereocenters. The van der Waals surface area contributed by atoms with E-state index in [1.54, 1.807) is 12.1 Å². The lowest BCUT2D eigenvalue weighted by Crippen LogP contribution is -2.29. The minimum atomic E-state index is -0.237. The Kier molecular flexibility index (Phi) is 5.05. The third-order valence-corrected chi connectivity index (χ3v) is 2.16. The second-order valence-electron chi connectivity index (χ2n) is 3.63. The fourth-order valence-corrected chi connectivity index (χ4v) is 1.22. The minimum absolute atomic E-state index is 0.0111. The van der Waals surface area contributed by atoms with Crippen molar-refractivity contribution in [3.8, 4) is 18.1 Å². The highest BCUT2D eigenvalue weighted by Crippen LogP contribution is 2.15. The number of benzene rings is 1. The number of carbonyl (C=O) groups excluding carboxylic acids is 1. The van der Waals surface area contributed by atoms with Crippen molar-refractivity contribution < 1.29 is 9.53 Å². The summed E-state index contributed by atoms with van der Waals surface area (Å²) < 4.78 is 5.28. The van der Waals surface area contributed by atoms with Gasteiger partial charge < -0.3 is 15.8 Å². The van der Waals surface area contributed by atoms with Gasteiger partial charge in [-0.05, 0) is 24.6 Å². The van der Waals surface area contributed by atoms with Crippen molar-refractivity contribution in [2.75, 3.05) is 13.2 Å². The summed E-state index contributed by atoms with van der Waals surface area (Å²) in [5, 5.41) is 2.51. The highest BCUT2D eigenvalue weighted by Gasteiger charge is 2.02. The van der Waals surface area contributed by atoms with Crippen LogP contribution in [0.4, 0.5) is 0 Å². The fourth-order valence-electron chi connectivity index (χ4n) is 1.22. The molecule has 0 bridgehead atoms. The van der Waals surface area contributed by atoms with Gasteiger partial charge in [-0.3, -0.25) is 4.79 Å². The molecule has 3 N–H and O–H groups in total. The lowest BCUT2D eigenvalue weighted by Gasteiger charge is -2.08. The Labute approximate surface area is 101 Å². The molecule has 0 aromatic heterocycles. The summed E-state index contributed by atoms with van der Waals surface area (Å²) in [4.78, 5) is 11.2. The molecule has 4 nitrogen and oxygen atoms in total. The van der Waals surface area contributed by atoms with Gasteiger partial charge in [-0.2, -0.15) is 0 Å². The topological polar surface area (TPSA) is 64.3 Å². The first-order valence-electron chi connectivity index (χ1n) is 5.32. The van der Waals surface area contributed by atoms with E-state index < -0.39 is 0 Å². The van der Waals surface area contributed by atoms with Crippen LogP contribution in [-0.2, 0) is 4.79 Å². The van der Waals surface area contributed by atoms with Crippen molar-refractivity contribution in [3.05, 3.63) is 29.8 Å². The van der Waals surface area contributed by atoms with Gasteiger partial charge in [0, 0.05) is 6.04 Å². The largest absolute Gasteiger partial charge is 0.484 e. The molecule has 1 amide bonds. The quantitative estimate of drug-likeness (QED) is 0.739. The van der Waals surface area contributed by atoms with E-state index in [0.29, 0.717) is 5.75 Å². The summed E-state index contributed by atoms with van der Waals surface area (Å²) in [5.74, 6) is 2.71. The Morgan fingerprint density at radius 3 is 2.71 bits per heavy atom. The van der Waals surface area contributed by atoms with Crippen molar-refractivity contribution in [2.45, 2.75) is 13.0 Å². The standard InChI is InChI=1S/C13H16N2O2/c1-3-8-15-13(16)9-17-12-6-4-11(5-7-12)10(2)14/h1,4-7,10H,8-9,14H2,2H3,(H,15,16)/t10-/m1/s1. The molecule has 1 atom stereocenters. The predicted octanol–water partition coefficient (Wildman–Crippen LogP) is 0.834. The summed E-state index contributed by atoms with van der Waals surface area (Å²) in [7, 11) is 0. The van der Waals surface area contributed by atoms with Crippen molar-refractivity contribution in [1.82, 2.24) is 5.32 Å². The Balaban J connectivity index is 2.42. The van der Waals surface area contributed by atoms with Crippen molar-refractivity contribution in [1.29, 1.82) is 0 Å². The third-order valence-electron chi connectivity index (χ3n) is 2.16. The molecular weight excluding hydrogens is 216 g/mol. The van der Waals surface area contributed by atoms with E-state index in [4.69, 9.17) is 16.9 Å². The van der Waals surface area contributed by atoms with Gasteiger partial charge in [-0.25, -0.2) is 0 Å². The molecule has 0 radical (unpaired) electrons. The van der Waals surface area contributed by atoms with Gasteiger partial charge in [0.05, 0.1) is 6.54 Å². The van der Waals surface area contributed by atoms with Crippen LogP contribution in [0, 0.1) is 12.3 Å². The van der Waals surface area contributed by atoms with E-state index in [1.165, 1.54) is 0 Å². The summed E-state index contributed by atoms with van der Waals surface area (Å²) in [6, 6.07) is 7.31. The molecule has 0 heterocycles. The highest BCUT2D eigenvalue weighted by molar-refractivity contribution is 5.77. The van der Waals surface area contributed by atoms with Crippen LogP contribution in [0.1, 0.15) is 18.5 Å². The number of carbonyl (C=O) groups is 1. The Bertz CT molecular complexity index is 404. The van der Waals surface area contributed by atoms with E-state index in [0.717, 1.165) is 5.56 Å². The van der Waals surface area contributed by atoms with E-state index in [-0.39, 0.29) is 25.1 Å². The first-order valence-corrected chi connectivity index (χ1v) is 5.32. The van der Waals surface area contributed by atoms with Crippen LogP contribution < -0.4 is 15.8 Å². The molecule has 0 saturated carbocycles. The van der Waals surface area contributed by atoms with Gasteiger partial charge in [0.15, 0.2) is 6.61 Å². The third kappa shape index (κ3) is 4.58. The normalized spacial score (nSPS) is 11.4. The lowest BCUT2D eigenvalue weighted by molar-refractivity contribution is -0.122. The van der Waals surface area contributed by atoms with Crippen LogP contribution in [0.15, 0.2) is 24.3 Å². The number of terminal acetylenes is 1. The molecule has 0 aliphatic rings. The number of hydrogen-bond donors (Lipinski definition) is 2. The number of nitrogens with two attached hydrogens (primary N) is 1. The zero-order valence-corrected chi connectivity index (χ0v) is 9.77. The smallest absolute Gasteiger partial charge is 0.258 e. The van der Waals surface area contributed by atoms with Crippen LogP contribution in [0.25, 0.3) is 0 Å². The minimum Gasteiger partial charge on any atom is -0.484 e. The molecule has 0 aliphatic carbocycles. The SMILES string of the molecule is C#CCNC(=O)COc1ccc([C@@H](C)N)cc1. The number of hydrogen-bond acceptors (Lipinski definition) is 3. The number of ether oxygens (including phenoxy) is 1. The molecule has 0 spiro atoms. The van der Waals surface area contributed by atoms with Gasteiger partial charge in [0.1, 0.15) is 5.75 Å². The maximum Gasteiger partial charge on any atom is 0.258 e. The molecular formula is C13H16N2O2. The van der Waals surface area contributed by atoms with Crippen LogP contribution in [0.3, 0.4) is 0 Å². The molecule has 4 heteroatoms. The summed E-state index contributed by atoms with van der Waals surface area (Å²) in [6.45, 7) is 2.08. The lowest BCUT2D eigenvalue weighted by atomic mass is 10.1.